The van der Waals surface area contributed by atoms with Gasteiger partial charge >= 0.3 is 0 Å². The van der Waals surface area contributed by atoms with E-state index < -0.39 is 0 Å². The maximum absolute atomic E-state index is 9.06. The maximum Gasteiger partial charge on any atom is 0.0991 e. The standard InChI is InChI=1S/C17H17N3/c1-12-8-9-19-16-7-3-6-15(17(16)20-12)14-5-2-4-13(10-14)11-18/h2-7,10,12,19-20H,8-9H2,1H3/t12-/m1/s1. The molecule has 3 rings (SSSR count). The molecule has 3 heteroatoms. The Balaban J connectivity index is 2.12. The molecular formula is C17H17N3. The summed E-state index contributed by atoms with van der Waals surface area (Å²) in [7, 11) is 0. The van der Waals surface area contributed by atoms with Gasteiger partial charge in [-0.05, 0) is 37.1 Å². The molecule has 1 aliphatic heterocycles. The van der Waals surface area contributed by atoms with Crippen molar-refractivity contribution in [1.29, 1.82) is 5.26 Å². The Hall–Kier alpha value is -2.47. The first-order valence-electron chi connectivity index (χ1n) is 6.92. The summed E-state index contributed by atoms with van der Waals surface area (Å²) in [6, 6.07) is 16.6. The topological polar surface area (TPSA) is 47.9 Å². The van der Waals surface area contributed by atoms with Crippen molar-refractivity contribution >= 4 is 11.4 Å². The highest BCUT2D eigenvalue weighted by molar-refractivity contribution is 5.88. The molecule has 3 nitrogen and oxygen atoms in total. The fourth-order valence-electron chi connectivity index (χ4n) is 2.59. The Labute approximate surface area is 119 Å². The van der Waals surface area contributed by atoms with E-state index in [0.717, 1.165) is 35.5 Å². The first-order valence-corrected chi connectivity index (χ1v) is 6.92. The zero-order valence-electron chi connectivity index (χ0n) is 11.5. The van der Waals surface area contributed by atoms with Gasteiger partial charge in [-0.15, -0.1) is 0 Å². The van der Waals surface area contributed by atoms with Crippen molar-refractivity contribution in [2.24, 2.45) is 0 Å². The quantitative estimate of drug-likeness (QED) is 0.821. The van der Waals surface area contributed by atoms with Gasteiger partial charge < -0.3 is 10.6 Å². The number of anilines is 2. The minimum Gasteiger partial charge on any atom is -0.383 e. The molecule has 1 atom stereocenters. The third-order valence-corrected chi connectivity index (χ3v) is 3.65. The summed E-state index contributed by atoms with van der Waals surface area (Å²) < 4.78 is 0. The number of para-hydroxylation sites is 1. The number of hydrogen-bond acceptors (Lipinski definition) is 3. The van der Waals surface area contributed by atoms with E-state index in [0.29, 0.717) is 11.6 Å². The second kappa shape index (κ2) is 5.26. The summed E-state index contributed by atoms with van der Waals surface area (Å²) in [5.41, 5.74) is 5.17. The van der Waals surface area contributed by atoms with Gasteiger partial charge in [0.15, 0.2) is 0 Å². The lowest BCUT2D eigenvalue weighted by Gasteiger charge is -2.17. The van der Waals surface area contributed by atoms with Crippen molar-refractivity contribution in [2.75, 3.05) is 17.2 Å². The molecule has 0 spiro atoms. The Morgan fingerprint density at radius 2 is 2.05 bits per heavy atom. The molecule has 0 saturated carbocycles. The van der Waals surface area contributed by atoms with Crippen LogP contribution in [0.25, 0.3) is 11.1 Å². The zero-order valence-corrected chi connectivity index (χ0v) is 11.5. The van der Waals surface area contributed by atoms with E-state index in [1.165, 1.54) is 0 Å². The van der Waals surface area contributed by atoms with Crippen LogP contribution in [0.2, 0.25) is 0 Å². The van der Waals surface area contributed by atoms with Crippen LogP contribution in [0, 0.1) is 11.3 Å². The molecule has 0 unspecified atom stereocenters. The van der Waals surface area contributed by atoms with Crippen molar-refractivity contribution < 1.29 is 0 Å². The third kappa shape index (κ3) is 2.33. The van der Waals surface area contributed by atoms with E-state index in [4.69, 9.17) is 5.26 Å². The molecule has 100 valence electrons. The normalized spacial score (nSPS) is 17.1. The molecule has 1 aliphatic rings. The van der Waals surface area contributed by atoms with Crippen LogP contribution in [0.3, 0.4) is 0 Å². The molecule has 20 heavy (non-hydrogen) atoms. The van der Waals surface area contributed by atoms with Crippen molar-refractivity contribution in [1.82, 2.24) is 0 Å². The smallest absolute Gasteiger partial charge is 0.0991 e. The lowest BCUT2D eigenvalue weighted by Crippen LogP contribution is -2.15. The third-order valence-electron chi connectivity index (χ3n) is 3.65. The van der Waals surface area contributed by atoms with Crippen LogP contribution >= 0.6 is 0 Å². The molecule has 1 heterocycles. The predicted octanol–water partition coefficient (Wildman–Crippen LogP) is 3.84. The maximum atomic E-state index is 9.06. The summed E-state index contributed by atoms with van der Waals surface area (Å²) >= 11 is 0. The highest BCUT2D eigenvalue weighted by Crippen LogP contribution is 2.36. The molecule has 2 aromatic carbocycles. The summed E-state index contributed by atoms with van der Waals surface area (Å²) in [5.74, 6) is 0. The van der Waals surface area contributed by atoms with E-state index >= 15 is 0 Å². The molecule has 0 aliphatic carbocycles. The summed E-state index contributed by atoms with van der Waals surface area (Å²) in [6.45, 7) is 3.17. The minimum absolute atomic E-state index is 0.434. The number of hydrogen-bond donors (Lipinski definition) is 2. The van der Waals surface area contributed by atoms with Gasteiger partial charge in [-0.2, -0.15) is 5.26 Å². The van der Waals surface area contributed by atoms with Gasteiger partial charge in [-0.25, -0.2) is 0 Å². The second-order valence-electron chi connectivity index (χ2n) is 5.18. The average Bonchev–Trinajstić information content (AvgIpc) is 2.67. The second-order valence-corrected chi connectivity index (χ2v) is 5.18. The van der Waals surface area contributed by atoms with Crippen LogP contribution in [0.4, 0.5) is 11.4 Å². The predicted molar refractivity (Wildman–Crippen MR) is 82.8 cm³/mol. The summed E-state index contributed by atoms with van der Waals surface area (Å²) in [6.07, 6.45) is 1.09. The van der Waals surface area contributed by atoms with Gasteiger partial charge in [-0.1, -0.05) is 24.3 Å². The van der Waals surface area contributed by atoms with Crippen LogP contribution in [0.5, 0.6) is 0 Å². The van der Waals surface area contributed by atoms with Gasteiger partial charge in [0.1, 0.15) is 0 Å². The number of rotatable bonds is 1. The van der Waals surface area contributed by atoms with Crippen LogP contribution in [-0.2, 0) is 0 Å². The Morgan fingerprint density at radius 3 is 2.90 bits per heavy atom. The fraction of sp³-hybridized carbons (Fsp3) is 0.235. The molecular weight excluding hydrogens is 246 g/mol. The van der Waals surface area contributed by atoms with E-state index in [-0.39, 0.29) is 0 Å². The van der Waals surface area contributed by atoms with E-state index in [9.17, 15) is 0 Å². The lowest BCUT2D eigenvalue weighted by molar-refractivity contribution is 0.746. The summed E-state index contributed by atoms with van der Waals surface area (Å²) in [5, 5.41) is 16.1. The van der Waals surface area contributed by atoms with E-state index in [2.05, 4.69) is 41.8 Å². The number of nitrogens with one attached hydrogen (secondary N) is 2. The van der Waals surface area contributed by atoms with Crippen molar-refractivity contribution in [2.45, 2.75) is 19.4 Å². The lowest BCUT2D eigenvalue weighted by atomic mass is 10.0. The highest BCUT2D eigenvalue weighted by Gasteiger charge is 2.15. The van der Waals surface area contributed by atoms with Crippen molar-refractivity contribution in [3.63, 3.8) is 0 Å². The SMILES string of the molecule is C[C@@H]1CCNc2cccc(-c3cccc(C#N)c3)c2N1. The Kier molecular flexibility index (Phi) is 3.30. The Bertz CT molecular complexity index is 670. The highest BCUT2D eigenvalue weighted by atomic mass is 15.0. The molecule has 0 amide bonds. The molecule has 2 aromatic rings. The fourth-order valence-corrected chi connectivity index (χ4v) is 2.59. The largest absolute Gasteiger partial charge is 0.383 e. The molecule has 0 saturated heterocycles. The number of fused-ring (bicyclic) bond motifs is 1. The summed E-state index contributed by atoms with van der Waals surface area (Å²) in [4.78, 5) is 0. The van der Waals surface area contributed by atoms with Crippen LogP contribution in [0.1, 0.15) is 18.9 Å². The van der Waals surface area contributed by atoms with Gasteiger partial charge in [0, 0.05) is 18.2 Å². The van der Waals surface area contributed by atoms with Gasteiger partial charge in [-0.3, -0.25) is 0 Å². The van der Waals surface area contributed by atoms with E-state index in [1.54, 1.807) is 0 Å². The van der Waals surface area contributed by atoms with Gasteiger partial charge in [0.25, 0.3) is 0 Å². The van der Waals surface area contributed by atoms with Crippen LogP contribution in [0.15, 0.2) is 42.5 Å². The molecule has 0 aromatic heterocycles. The molecule has 0 bridgehead atoms. The number of nitriles is 1. The number of nitrogens with zero attached hydrogens (tertiary/aromatic N) is 1. The molecule has 2 N–H and O–H groups in total. The van der Waals surface area contributed by atoms with Crippen LogP contribution in [-0.4, -0.2) is 12.6 Å². The van der Waals surface area contributed by atoms with Gasteiger partial charge in [0.05, 0.1) is 23.0 Å². The first kappa shape index (κ1) is 12.6. The molecule has 0 fully saturated rings. The molecule has 0 radical (unpaired) electrons. The zero-order chi connectivity index (χ0) is 13.9. The van der Waals surface area contributed by atoms with Crippen LogP contribution < -0.4 is 10.6 Å². The van der Waals surface area contributed by atoms with Crippen molar-refractivity contribution in [3.05, 3.63) is 48.0 Å². The van der Waals surface area contributed by atoms with E-state index in [1.807, 2.05) is 24.3 Å². The van der Waals surface area contributed by atoms with Crippen molar-refractivity contribution in [3.8, 4) is 17.2 Å². The minimum atomic E-state index is 0.434. The Morgan fingerprint density at radius 1 is 1.20 bits per heavy atom. The van der Waals surface area contributed by atoms with Gasteiger partial charge in [0.2, 0.25) is 0 Å². The monoisotopic (exact) mass is 263 g/mol. The first-order chi connectivity index (χ1) is 9.78. The average molecular weight is 263 g/mol. The number of benzene rings is 2.